The standard InChI is InChI=1S/C14H20N6O/c1-18(2)9-12-8-13(21)10-19(12)14-15-16-17-20(14)11-6-4-3-5-7-11/h3-7,12-13,21H,8-10H2,1-2H3. The van der Waals surface area contributed by atoms with Crippen molar-refractivity contribution in [3.8, 4) is 5.69 Å². The first-order chi connectivity index (χ1) is 10.1. The van der Waals surface area contributed by atoms with Gasteiger partial charge in [0.25, 0.3) is 5.95 Å². The van der Waals surface area contributed by atoms with Gasteiger partial charge in [0, 0.05) is 19.1 Å². The average Bonchev–Trinajstić information content (AvgIpc) is 3.05. The number of hydrogen-bond donors (Lipinski definition) is 1. The molecule has 1 aromatic heterocycles. The maximum atomic E-state index is 10.0. The summed E-state index contributed by atoms with van der Waals surface area (Å²) in [6.07, 6.45) is 0.399. The smallest absolute Gasteiger partial charge is 0.250 e. The summed E-state index contributed by atoms with van der Waals surface area (Å²) < 4.78 is 1.72. The van der Waals surface area contributed by atoms with E-state index in [0.717, 1.165) is 18.7 Å². The highest BCUT2D eigenvalue weighted by molar-refractivity contribution is 5.42. The zero-order chi connectivity index (χ0) is 14.8. The fourth-order valence-electron chi connectivity index (χ4n) is 2.83. The molecule has 21 heavy (non-hydrogen) atoms. The maximum absolute atomic E-state index is 10.0. The third-order valence-electron chi connectivity index (χ3n) is 3.68. The fourth-order valence-corrected chi connectivity index (χ4v) is 2.83. The minimum Gasteiger partial charge on any atom is -0.391 e. The van der Waals surface area contributed by atoms with Crippen molar-refractivity contribution in [2.24, 2.45) is 0 Å². The van der Waals surface area contributed by atoms with Crippen molar-refractivity contribution in [1.29, 1.82) is 0 Å². The van der Waals surface area contributed by atoms with Crippen LogP contribution in [0.4, 0.5) is 5.95 Å². The lowest BCUT2D eigenvalue weighted by Gasteiger charge is -2.26. The highest BCUT2D eigenvalue weighted by Crippen LogP contribution is 2.25. The summed E-state index contributed by atoms with van der Waals surface area (Å²) >= 11 is 0. The third-order valence-corrected chi connectivity index (χ3v) is 3.68. The number of aromatic nitrogens is 4. The zero-order valence-corrected chi connectivity index (χ0v) is 12.3. The summed E-state index contributed by atoms with van der Waals surface area (Å²) in [5.74, 6) is 0.685. The van der Waals surface area contributed by atoms with Gasteiger partial charge in [-0.2, -0.15) is 4.68 Å². The van der Waals surface area contributed by atoms with Crippen LogP contribution < -0.4 is 4.90 Å². The Balaban J connectivity index is 1.91. The number of β-amino-alcohol motifs (C(OH)–C–C–N with tert-alkyl or cyclic N) is 1. The van der Waals surface area contributed by atoms with Crippen LogP contribution in [0.15, 0.2) is 30.3 Å². The normalized spacial score (nSPS) is 22.2. The monoisotopic (exact) mass is 288 g/mol. The van der Waals surface area contributed by atoms with Crippen LogP contribution >= 0.6 is 0 Å². The lowest BCUT2D eigenvalue weighted by molar-refractivity contribution is 0.191. The predicted octanol–water partition coefficient (Wildman–Crippen LogP) is 0.164. The molecule has 7 heteroatoms. The van der Waals surface area contributed by atoms with Crippen molar-refractivity contribution in [2.45, 2.75) is 18.6 Å². The van der Waals surface area contributed by atoms with Crippen LogP contribution in [0.2, 0.25) is 0 Å². The second-order valence-corrected chi connectivity index (χ2v) is 5.68. The van der Waals surface area contributed by atoms with Gasteiger partial charge in [0.15, 0.2) is 0 Å². The molecular weight excluding hydrogens is 268 g/mol. The molecule has 1 saturated heterocycles. The topological polar surface area (TPSA) is 70.3 Å². The van der Waals surface area contributed by atoms with E-state index in [4.69, 9.17) is 0 Å². The second-order valence-electron chi connectivity index (χ2n) is 5.68. The van der Waals surface area contributed by atoms with Crippen LogP contribution in [-0.4, -0.2) is 69.5 Å². The first-order valence-corrected chi connectivity index (χ1v) is 7.08. The van der Waals surface area contributed by atoms with Crippen LogP contribution in [0.5, 0.6) is 0 Å². The number of para-hydroxylation sites is 1. The summed E-state index contributed by atoms with van der Waals surface area (Å²) in [5.41, 5.74) is 0.919. The number of nitrogens with zero attached hydrogens (tertiary/aromatic N) is 6. The second kappa shape index (κ2) is 5.79. The first kappa shape index (κ1) is 14.0. The molecular formula is C14H20N6O. The highest BCUT2D eigenvalue weighted by atomic mass is 16.3. The van der Waals surface area contributed by atoms with Gasteiger partial charge in [-0.05, 0) is 43.1 Å². The van der Waals surface area contributed by atoms with Crippen LogP contribution in [0.1, 0.15) is 6.42 Å². The Kier molecular flexibility index (Phi) is 3.85. The van der Waals surface area contributed by atoms with Crippen molar-refractivity contribution >= 4 is 5.95 Å². The van der Waals surface area contributed by atoms with Crippen molar-refractivity contribution in [3.05, 3.63) is 30.3 Å². The molecule has 0 aliphatic carbocycles. The van der Waals surface area contributed by atoms with Gasteiger partial charge >= 0.3 is 0 Å². The van der Waals surface area contributed by atoms with E-state index in [0.29, 0.717) is 12.5 Å². The Hall–Kier alpha value is -1.99. The van der Waals surface area contributed by atoms with Gasteiger partial charge in [-0.15, -0.1) is 0 Å². The number of likely N-dealkylation sites (N-methyl/N-ethyl adjacent to an activating group) is 1. The molecule has 7 nitrogen and oxygen atoms in total. The molecule has 0 amide bonds. The molecule has 0 radical (unpaired) electrons. The van der Waals surface area contributed by atoms with E-state index in [1.807, 2.05) is 44.4 Å². The molecule has 1 aromatic carbocycles. The third kappa shape index (κ3) is 2.88. The van der Waals surface area contributed by atoms with E-state index >= 15 is 0 Å². The summed E-state index contributed by atoms with van der Waals surface area (Å²) in [6.45, 7) is 1.42. The minimum atomic E-state index is -0.337. The van der Waals surface area contributed by atoms with Crippen LogP contribution in [0.25, 0.3) is 5.69 Å². The Bertz CT molecular complexity index is 584. The Labute approximate surface area is 123 Å². The quantitative estimate of drug-likeness (QED) is 0.864. The summed E-state index contributed by atoms with van der Waals surface area (Å²) in [4.78, 5) is 4.21. The van der Waals surface area contributed by atoms with Crippen LogP contribution in [-0.2, 0) is 0 Å². The molecule has 1 fully saturated rings. The van der Waals surface area contributed by atoms with Crippen LogP contribution in [0, 0.1) is 0 Å². The zero-order valence-electron chi connectivity index (χ0n) is 12.3. The summed E-state index contributed by atoms with van der Waals surface area (Å²) in [7, 11) is 4.06. The van der Waals surface area contributed by atoms with Gasteiger partial charge in [0.2, 0.25) is 0 Å². The van der Waals surface area contributed by atoms with E-state index in [9.17, 15) is 5.11 Å². The van der Waals surface area contributed by atoms with Gasteiger partial charge in [0.05, 0.1) is 11.8 Å². The maximum Gasteiger partial charge on any atom is 0.250 e. The molecule has 2 atom stereocenters. The number of tetrazole rings is 1. The first-order valence-electron chi connectivity index (χ1n) is 7.08. The lowest BCUT2D eigenvalue weighted by Crippen LogP contribution is -2.39. The van der Waals surface area contributed by atoms with Gasteiger partial charge in [-0.25, -0.2) is 0 Å². The number of benzene rings is 1. The largest absolute Gasteiger partial charge is 0.391 e. The van der Waals surface area contributed by atoms with E-state index in [1.54, 1.807) is 4.68 Å². The summed E-state index contributed by atoms with van der Waals surface area (Å²) in [5, 5.41) is 22.1. The molecule has 0 saturated carbocycles. The number of rotatable bonds is 4. The molecule has 2 aromatic rings. The molecule has 1 aliphatic heterocycles. The molecule has 112 valence electrons. The minimum absolute atomic E-state index is 0.212. The molecule has 1 aliphatic rings. The van der Waals surface area contributed by atoms with Crippen molar-refractivity contribution in [3.63, 3.8) is 0 Å². The molecule has 0 bridgehead atoms. The fraction of sp³-hybridized carbons (Fsp3) is 0.500. The van der Waals surface area contributed by atoms with E-state index < -0.39 is 0 Å². The molecule has 0 spiro atoms. The highest BCUT2D eigenvalue weighted by Gasteiger charge is 2.34. The summed E-state index contributed by atoms with van der Waals surface area (Å²) in [6, 6.07) is 10.0. The Morgan fingerprint density at radius 3 is 2.76 bits per heavy atom. The average molecular weight is 288 g/mol. The molecule has 2 unspecified atom stereocenters. The van der Waals surface area contributed by atoms with Crippen molar-refractivity contribution < 1.29 is 5.11 Å². The number of anilines is 1. The number of hydrogen-bond acceptors (Lipinski definition) is 6. The van der Waals surface area contributed by atoms with Gasteiger partial charge in [-0.3, -0.25) is 0 Å². The Morgan fingerprint density at radius 1 is 1.29 bits per heavy atom. The van der Waals surface area contributed by atoms with E-state index in [1.165, 1.54) is 0 Å². The van der Waals surface area contributed by atoms with Crippen molar-refractivity contribution in [1.82, 2.24) is 25.1 Å². The predicted molar refractivity (Wildman–Crippen MR) is 79.5 cm³/mol. The van der Waals surface area contributed by atoms with Gasteiger partial charge in [0.1, 0.15) is 0 Å². The van der Waals surface area contributed by atoms with Crippen molar-refractivity contribution in [2.75, 3.05) is 32.1 Å². The number of aliphatic hydroxyl groups excluding tert-OH is 1. The molecule has 2 heterocycles. The number of aliphatic hydroxyl groups is 1. The van der Waals surface area contributed by atoms with Gasteiger partial charge in [-0.1, -0.05) is 23.3 Å². The van der Waals surface area contributed by atoms with Gasteiger partial charge < -0.3 is 14.9 Å². The lowest BCUT2D eigenvalue weighted by atomic mass is 10.2. The SMILES string of the molecule is CN(C)CC1CC(O)CN1c1nnnn1-c1ccccc1. The van der Waals surface area contributed by atoms with Crippen LogP contribution in [0.3, 0.4) is 0 Å². The van der Waals surface area contributed by atoms with E-state index in [-0.39, 0.29) is 12.1 Å². The Morgan fingerprint density at radius 2 is 2.05 bits per heavy atom. The van der Waals surface area contributed by atoms with E-state index in [2.05, 4.69) is 25.3 Å². The molecule has 3 rings (SSSR count). The molecule has 1 N–H and O–H groups in total.